The molecule has 0 radical (unpaired) electrons. The summed E-state index contributed by atoms with van der Waals surface area (Å²) in [4.78, 5) is 17.3. The van der Waals surface area contributed by atoms with E-state index in [4.69, 9.17) is 5.10 Å². The minimum absolute atomic E-state index is 0.0437. The third-order valence-corrected chi connectivity index (χ3v) is 5.85. The molecule has 0 aromatic carbocycles. The molecule has 1 atom stereocenters. The van der Waals surface area contributed by atoms with E-state index in [1.54, 1.807) is 17.5 Å². The van der Waals surface area contributed by atoms with E-state index in [0.29, 0.717) is 6.42 Å². The Hall–Kier alpha value is -2.73. The molecule has 0 amide bonds. The Bertz CT molecular complexity index is 1020. The van der Waals surface area contributed by atoms with Crippen molar-refractivity contribution in [2.75, 3.05) is 5.32 Å². The van der Waals surface area contributed by atoms with E-state index >= 15 is 0 Å². The van der Waals surface area contributed by atoms with Gasteiger partial charge in [0.2, 0.25) is 0 Å². The first-order chi connectivity index (χ1) is 12.7. The standard InChI is InChI=1S/C20H18N4OS/c1-12-17-18(13-8-10-26-11-13)19-14(5-4-6-15(19)25)22-20(17)24(23-12)16-7-2-3-9-21-16/h2-3,7-11,18,22H,4-6H2,1H3/t18-/m0/s1. The number of aromatic nitrogens is 3. The molecule has 3 aromatic heterocycles. The fourth-order valence-corrected chi connectivity index (χ4v) is 4.72. The van der Waals surface area contributed by atoms with Crippen molar-refractivity contribution in [3.8, 4) is 5.82 Å². The van der Waals surface area contributed by atoms with Gasteiger partial charge < -0.3 is 5.32 Å². The van der Waals surface area contributed by atoms with Crippen LogP contribution >= 0.6 is 11.3 Å². The van der Waals surface area contributed by atoms with Crippen molar-refractivity contribution in [3.05, 3.63) is 69.3 Å². The largest absolute Gasteiger partial charge is 0.343 e. The first-order valence-corrected chi connectivity index (χ1v) is 9.74. The second kappa shape index (κ2) is 5.92. The number of carbonyl (C=O) groups is 1. The number of Topliss-reactive ketones (excluding diaryl/α,β-unsaturated/α-hetero) is 1. The third kappa shape index (κ3) is 2.25. The van der Waals surface area contributed by atoms with Crippen LogP contribution in [0.2, 0.25) is 0 Å². The molecule has 0 spiro atoms. The zero-order valence-electron chi connectivity index (χ0n) is 14.4. The first kappa shape index (κ1) is 15.5. The summed E-state index contributed by atoms with van der Waals surface area (Å²) in [5, 5.41) is 12.5. The number of pyridine rings is 1. The van der Waals surface area contributed by atoms with Gasteiger partial charge in [-0.05, 0) is 54.3 Å². The summed E-state index contributed by atoms with van der Waals surface area (Å²) in [6.45, 7) is 2.01. The number of fused-ring (bicyclic) bond motifs is 1. The Morgan fingerprint density at radius 3 is 2.96 bits per heavy atom. The summed E-state index contributed by atoms with van der Waals surface area (Å²) in [7, 11) is 0. The number of carbonyl (C=O) groups excluding carboxylic acids is 1. The third-order valence-electron chi connectivity index (χ3n) is 5.15. The molecule has 1 aliphatic carbocycles. The predicted molar refractivity (Wildman–Crippen MR) is 102 cm³/mol. The maximum absolute atomic E-state index is 12.8. The lowest BCUT2D eigenvalue weighted by molar-refractivity contribution is -0.116. The number of allylic oxidation sites excluding steroid dienone is 2. The lowest BCUT2D eigenvalue weighted by Crippen LogP contribution is -2.27. The molecule has 0 saturated heterocycles. The van der Waals surface area contributed by atoms with Crippen molar-refractivity contribution >= 4 is 22.9 Å². The fourth-order valence-electron chi connectivity index (χ4n) is 4.04. The van der Waals surface area contributed by atoms with Gasteiger partial charge in [-0.15, -0.1) is 0 Å². The molecule has 6 heteroatoms. The maximum atomic E-state index is 12.8. The molecule has 0 saturated carbocycles. The number of nitrogens with one attached hydrogen (secondary N) is 1. The average molecular weight is 362 g/mol. The maximum Gasteiger partial charge on any atom is 0.161 e. The number of hydrogen-bond acceptors (Lipinski definition) is 5. The van der Waals surface area contributed by atoms with E-state index in [2.05, 4.69) is 27.1 Å². The lowest BCUT2D eigenvalue weighted by atomic mass is 9.77. The number of hydrogen-bond donors (Lipinski definition) is 1. The van der Waals surface area contributed by atoms with Crippen LogP contribution in [0.1, 0.15) is 42.0 Å². The fraction of sp³-hybridized carbons (Fsp3) is 0.250. The Labute approximate surface area is 155 Å². The first-order valence-electron chi connectivity index (χ1n) is 8.80. The smallest absolute Gasteiger partial charge is 0.161 e. The molecule has 3 aromatic rings. The van der Waals surface area contributed by atoms with Crippen LogP contribution in [-0.4, -0.2) is 20.5 Å². The monoisotopic (exact) mass is 362 g/mol. The Kier molecular flexibility index (Phi) is 3.53. The summed E-state index contributed by atoms with van der Waals surface area (Å²) in [6.07, 6.45) is 4.19. The molecule has 4 heterocycles. The topological polar surface area (TPSA) is 59.8 Å². The molecular formula is C20H18N4OS. The van der Waals surface area contributed by atoms with Crippen LogP contribution in [0.3, 0.4) is 0 Å². The molecule has 1 aliphatic heterocycles. The van der Waals surface area contributed by atoms with Gasteiger partial charge in [-0.25, -0.2) is 4.98 Å². The normalized spacial score (nSPS) is 19.1. The molecule has 0 unspecified atom stereocenters. The van der Waals surface area contributed by atoms with Gasteiger partial charge in [0.15, 0.2) is 11.6 Å². The Morgan fingerprint density at radius 1 is 1.27 bits per heavy atom. The SMILES string of the molecule is Cc1nn(-c2ccccn2)c2c1[C@H](c1ccsc1)C1=C(CCCC1=O)N2. The summed E-state index contributed by atoms with van der Waals surface area (Å²) >= 11 is 1.66. The van der Waals surface area contributed by atoms with Crippen molar-refractivity contribution in [1.82, 2.24) is 14.8 Å². The Balaban J connectivity index is 1.76. The van der Waals surface area contributed by atoms with Gasteiger partial charge in [-0.1, -0.05) is 6.07 Å². The zero-order chi connectivity index (χ0) is 17.7. The molecule has 0 fully saturated rings. The second-order valence-electron chi connectivity index (χ2n) is 6.73. The van der Waals surface area contributed by atoms with E-state index in [9.17, 15) is 4.79 Å². The Morgan fingerprint density at radius 2 is 2.19 bits per heavy atom. The molecule has 5 nitrogen and oxygen atoms in total. The average Bonchev–Trinajstić information content (AvgIpc) is 3.30. The molecule has 130 valence electrons. The minimum atomic E-state index is -0.0437. The van der Waals surface area contributed by atoms with E-state index in [0.717, 1.165) is 47.0 Å². The van der Waals surface area contributed by atoms with Crippen molar-refractivity contribution in [3.63, 3.8) is 0 Å². The van der Waals surface area contributed by atoms with Crippen LogP contribution < -0.4 is 5.32 Å². The highest BCUT2D eigenvalue weighted by Gasteiger charge is 2.38. The van der Waals surface area contributed by atoms with Crippen LogP contribution in [0.4, 0.5) is 5.82 Å². The van der Waals surface area contributed by atoms with Gasteiger partial charge in [0.05, 0.1) is 5.69 Å². The van der Waals surface area contributed by atoms with Crippen molar-refractivity contribution in [2.45, 2.75) is 32.1 Å². The van der Waals surface area contributed by atoms with Gasteiger partial charge in [0.1, 0.15) is 5.82 Å². The lowest BCUT2D eigenvalue weighted by Gasteiger charge is -2.32. The van der Waals surface area contributed by atoms with Crippen molar-refractivity contribution < 1.29 is 4.79 Å². The zero-order valence-corrected chi connectivity index (χ0v) is 15.2. The van der Waals surface area contributed by atoms with Crippen LogP contribution in [0.25, 0.3) is 5.82 Å². The summed E-state index contributed by atoms with van der Waals surface area (Å²) < 4.78 is 1.87. The molecule has 5 rings (SSSR count). The number of anilines is 1. The van der Waals surface area contributed by atoms with Crippen LogP contribution in [0.15, 0.2) is 52.5 Å². The number of thiophene rings is 1. The molecule has 2 aliphatic rings. The molecular weight excluding hydrogens is 344 g/mol. The van der Waals surface area contributed by atoms with Gasteiger partial charge in [-0.2, -0.15) is 21.1 Å². The van der Waals surface area contributed by atoms with E-state index in [-0.39, 0.29) is 11.7 Å². The van der Waals surface area contributed by atoms with Crippen molar-refractivity contribution in [2.24, 2.45) is 0 Å². The summed E-state index contributed by atoms with van der Waals surface area (Å²) in [5.74, 6) is 1.92. The molecule has 1 N–H and O–H groups in total. The number of ketones is 1. The summed E-state index contributed by atoms with van der Waals surface area (Å²) in [6, 6.07) is 7.92. The highest BCUT2D eigenvalue weighted by Crippen LogP contribution is 2.47. The molecule has 0 bridgehead atoms. The van der Waals surface area contributed by atoms with Crippen molar-refractivity contribution in [1.29, 1.82) is 0 Å². The highest BCUT2D eigenvalue weighted by molar-refractivity contribution is 7.08. The molecule has 26 heavy (non-hydrogen) atoms. The second-order valence-corrected chi connectivity index (χ2v) is 7.51. The van der Waals surface area contributed by atoms with Gasteiger partial charge in [0.25, 0.3) is 0 Å². The van der Waals surface area contributed by atoms with Crippen LogP contribution in [-0.2, 0) is 4.79 Å². The number of rotatable bonds is 2. The van der Waals surface area contributed by atoms with E-state index in [1.165, 1.54) is 5.56 Å². The van der Waals surface area contributed by atoms with Gasteiger partial charge in [-0.3, -0.25) is 4.79 Å². The van der Waals surface area contributed by atoms with Crippen LogP contribution in [0.5, 0.6) is 0 Å². The number of nitrogens with zero attached hydrogens (tertiary/aromatic N) is 3. The minimum Gasteiger partial charge on any atom is -0.343 e. The predicted octanol–water partition coefficient (Wildman–Crippen LogP) is 4.20. The number of aryl methyl sites for hydroxylation is 1. The van der Waals surface area contributed by atoms with E-state index < -0.39 is 0 Å². The van der Waals surface area contributed by atoms with Crippen LogP contribution in [0, 0.1) is 6.92 Å². The summed E-state index contributed by atoms with van der Waals surface area (Å²) in [5.41, 5.74) is 5.15. The quantitative estimate of drug-likeness (QED) is 0.742. The van der Waals surface area contributed by atoms with Gasteiger partial charge >= 0.3 is 0 Å². The van der Waals surface area contributed by atoms with E-state index in [1.807, 2.05) is 29.8 Å². The van der Waals surface area contributed by atoms with Gasteiger partial charge in [0, 0.05) is 35.4 Å². The highest BCUT2D eigenvalue weighted by atomic mass is 32.1.